The molecule has 0 aromatic carbocycles. The second kappa shape index (κ2) is 8.31. The van der Waals surface area contributed by atoms with Crippen molar-refractivity contribution in [3.05, 3.63) is 21.1 Å². The third-order valence-corrected chi connectivity index (χ3v) is 4.83. The average Bonchev–Trinajstić information content (AvgIpc) is 2.88. The zero-order valence-corrected chi connectivity index (χ0v) is 13.9. The van der Waals surface area contributed by atoms with Crippen LogP contribution in [0.2, 0.25) is 0 Å². The number of methoxy groups -OCH3 is 1. The van der Waals surface area contributed by atoms with Crippen LogP contribution < -0.4 is 4.90 Å². The Labute approximate surface area is 129 Å². The summed E-state index contributed by atoms with van der Waals surface area (Å²) in [6.45, 7) is 6.88. The molecular formula is C14H24N2O4S. The van der Waals surface area contributed by atoms with Crippen molar-refractivity contribution in [2.75, 3.05) is 25.2 Å². The number of aliphatic hydroxyl groups is 1. The van der Waals surface area contributed by atoms with E-state index in [1.54, 1.807) is 14.0 Å². The fourth-order valence-corrected chi connectivity index (χ4v) is 3.46. The number of anilines is 1. The molecule has 0 saturated heterocycles. The maximum absolute atomic E-state index is 11.3. The lowest BCUT2D eigenvalue weighted by atomic mass is 10.1. The average molecular weight is 316 g/mol. The van der Waals surface area contributed by atoms with Gasteiger partial charge in [0.15, 0.2) is 5.00 Å². The van der Waals surface area contributed by atoms with E-state index in [0.717, 1.165) is 12.8 Å². The van der Waals surface area contributed by atoms with Crippen LogP contribution in [0, 0.1) is 10.1 Å². The SMILES string of the molecule is CCC(CC)N(CCOC)c1sc([C@H](C)O)cc1[N+](=O)[O-]. The number of rotatable bonds is 9. The molecule has 0 amide bonds. The molecule has 0 aliphatic carbocycles. The first kappa shape index (κ1) is 17.9. The Bertz CT molecular complexity index is 458. The monoisotopic (exact) mass is 316 g/mol. The summed E-state index contributed by atoms with van der Waals surface area (Å²) in [4.78, 5) is 13.6. The molecule has 0 aliphatic rings. The van der Waals surface area contributed by atoms with Gasteiger partial charge >= 0.3 is 5.69 Å². The van der Waals surface area contributed by atoms with Crippen LogP contribution in [0.4, 0.5) is 10.7 Å². The van der Waals surface area contributed by atoms with Gasteiger partial charge in [0.1, 0.15) is 0 Å². The fourth-order valence-electron chi connectivity index (χ4n) is 2.30. The Kier molecular flexibility index (Phi) is 7.07. The van der Waals surface area contributed by atoms with Crippen LogP contribution >= 0.6 is 11.3 Å². The van der Waals surface area contributed by atoms with E-state index in [0.29, 0.717) is 23.0 Å². The summed E-state index contributed by atoms with van der Waals surface area (Å²) in [6, 6.07) is 1.70. The van der Waals surface area contributed by atoms with Gasteiger partial charge in [-0.3, -0.25) is 10.1 Å². The molecule has 1 aromatic heterocycles. The van der Waals surface area contributed by atoms with Crippen molar-refractivity contribution in [3.63, 3.8) is 0 Å². The van der Waals surface area contributed by atoms with E-state index in [-0.39, 0.29) is 16.7 Å². The maximum Gasteiger partial charge on any atom is 0.304 e. The number of aliphatic hydroxyl groups excluding tert-OH is 1. The molecule has 0 saturated carbocycles. The van der Waals surface area contributed by atoms with Gasteiger partial charge in [-0.1, -0.05) is 13.8 Å². The molecule has 120 valence electrons. The van der Waals surface area contributed by atoms with Crippen molar-refractivity contribution in [1.82, 2.24) is 0 Å². The third kappa shape index (κ3) is 4.39. The van der Waals surface area contributed by atoms with Crippen LogP contribution in [-0.2, 0) is 4.74 Å². The summed E-state index contributed by atoms with van der Waals surface area (Å²) >= 11 is 1.29. The molecule has 21 heavy (non-hydrogen) atoms. The van der Waals surface area contributed by atoms with Gasteiger partial charge in [-0.15, -0.1) is 11.3 Å². The van der Waals surface area contributed by atoms with Gasteiger partial charge in [0.25, 0.3) is 0 Å². The highest BCUT2D eigenvalue weighted by Gasteiger charge is 2.28. The first-order chi connectivity index (χ1) is 9.96. The molecule has 1 atom stereocenters. The summed E-state index contributed by atoms with van der Waals surface area (Å²) < 4.78 is 5.13. The molecule has 7 heteroatoms. The number of nitro groups is 1. The molecule has 0 fully saturated rings. The molecule has 6 nitrogen and oxygen atoms in total. The van der Waals surface area contributed by atoms with Crippen molar-refractivity contribution in [2.45, 2.75) is 45.8 Å². The number of nitrogens with zero attached hydrogens (tertiary/aromatic N) is 2. The van der Waals surface area contributed by atoms with Crippen LogP contribution in [0.5, 0.6) is 0 Å². The highest BCUT2D eigenvalue weighted by molar-refractivity contribution is 7.16. The summed E-state index contributed by atoms with van der Waals surface area (Å²) in [7, 11) is 1.62. The van der Waals surface area contributed by atoms with Gasteiger partial charge in [0, 0.05) is 30.6 Å². The largest absolute Gasteiger partial charge is 0.388 e. The van der Waals surface area contributed by atoms with E-state index in [1.807, 2.05) is 4.90 Å². The fraction of sp³-hybridized carbons (Fsp3) is 0.714. The summed E-state index contributed by atoms with van der Waals surface area (Å²) in [5.41, 5.74) is 0.0684. The zero-order valence-electron chi connectivity index (χ0n) is 13.0. The molecule has 0 aliphatic heterocycles. The van der Waals surface area contributed by atoms with Crippen LogP contribution in [0.15, 0.2) is 6.07 Å². The minimum Gasteiger partial charge on any atom is -0.388 e. The van der Waals surface area contributed by atoms with Gasteiger partial charge in [0.05, 0.1) is 17.6 Å². The number of hydrogen-bond donors (Lipinski definition) is 1. The van der Waals surface area contributed by atoms with Gasteiger partial charge < -0.3 is 14.7 Å². The second-order valence-electron chi connectivity index (χ2n) is 4.93. The number of hydrogen-bond acceptors (Lipinski definition) is 6. The van der Waals surface area contributed by atoms with Gasteiger partial charge in [-0.2, -0.15) is 0 Å². The minimum absolute atomic E-state index is 0.0684. The van der Waals surface area contributed by atoms with Crippen molar-refractivity contribution < 1.29 is 14.8 Å². The lowest BCUT2D eigenvalue weighted by molar-refractivity contribution is -0.383. The van der Waals surface area contributed by atoms with Gasteiger partial charge in [-0.05, 0) is 19.8 Å². The van der Waals surface area contributed by atoms with Crippen LogP contribution in [0.3, 0.4) is 0 Å². The smallest absolute Gasteiger partial charge is 0.304 e. The van der Waals surface area contributed by atoms with E-state index in [9.17, 15) is 15.2 Å². The van der Waals surface area contributed by atoms with Crippen molar-refractivity contribution in [3.8, 4) is 0 Å². The zero-order chi connectivity index (χ0) is 16.0. The quantitative estimate of drug-likeness (QED) is 0.558. The van der Waals surface area contributed by atoms with E-state index in [2.05, 4.69) is 13.8 Å². The molecule has 1 N–H and O–H groups in total. The van der Waals surface area contributed by atoms with Crippen LogP contribution in [0.1, 0.15) is 44.6 Å². The van der Waals surface area contributed by atoms with Crippen LogP contribution in [0.25, 0.3) is 0 Å². The van der Waals surface area contributed by atoms with E-state index >= 15 is 0 Å². The van der Waals surface area contributed by atoms with E-state index < -0.39 is 6.10 Å². The Morgan fingerprint density at radius 3 is 2.52 bits per heavy atom. The summed E-state index contributed by atoms with van der Waals surface area (Å²) in [6.07, 6.45) is 1.10. The predicted molar refractivity (Wildman–Crippen MR) is 85.2 cm³/mol. The molecule has 0 radical (unpaired) electrons. The second-order valence-corrected chi connectivity index (χ2v) is 5.99. The van der Waals surface area contributed by atoms with Crippen molar-refractivity contribution in [1.29, 1.82) is 0 Å². The van der Waals surface area contributed by atoms with Crippen LogP contribution in [-0.4, -0.2) is 36.3 Å². The lowest BCUT2D eigenvalue weighted by Gasteiger charge is -2.30. The first-order valence-corrected chi connectivity index (χ1v) is 7.99. The minimum atomic E-state index is -0.701. The standard InChI is InChI=1S/C14H24N2O4S/c1-5-11(6-2)15(7-8-20-4)14-12(16(18)19)9-13(21-14)10(3)17/h9-11,17H,5-8H2,1-4H3/t10-/m0/s1. The first-order valence-electron chi connectivity index (χ1n) is 7.17. The Hall–Kier alpha value is -1.18. The topological polar surface area (TPSA) is 75.8 Å². The third-order valence-electron chi connectivity index (χ3n) is 3.50. The molecule has 0 spiro atoms. The molecule has 1 aromatic rings. The molecule has 0 bridgehead atoms. The Morgan fingerprint density at radius 2 is 2.10 bits per heavy atom. The van der Waals surface area contributed by atoms with E-state index in [1.165, 1.54) is 17.4 Å². The predicted octanol–water partition coefficient (Wildman–Crippen LogP) is 3.35. The van der Waals surface area contributed by atoms with Crippen molar-refractivity contribution in [2.24, 2.45) is 0 Å². The molecule has 1 heterocycles. The summed E-state index contributed by atoms with van der Waals surface area (Å²) in [5.74, 6) is 0. The Morgan fingerprint density at radius 1 is 1.48 bits per heavy atom. The molecular weight excluding hydrogens is 292 g/mol. The van der Waals surface area contributed by atoms with E-state index in [4.69, 9.17) is 4.74 Å². The number of ether oxygens (including phenoxy) is 1. The van der Waals surface area contributed by atoms with Gasteiger partial charge in [-0.25, -0.2) is 0 Å². The highest BCUT2D eigenvalue weighted by atomic mass is 32.1. The highest BCUT2D eigenvalue weighted by Crippen LogP contribution is 2.41. The maximum atomic E-state index is 11.3. The lowest BCUT2D eigenvalue weighted by Crippen LogP contribution is -2.36. The van der Waals surface area contributed by atoms with Crippen molar-refractivity contribution >= 4 is 22.0 Å². The number of thiophene rings is 1. The molecule has 0 unspecified atom stereocenters. The Balaban J connectivity index is 3.23. The molecule has 1 rings (SSSR count). The normalized spacial score (nSPS) is 12.7. The van der Waals surface area contributed by atoms with Gasteiger partial charge in [0.2, 0.25) is 0 Å². The summed E-state index contributed by atoms with van der Waals surface area (Å²) in [5, 5.41) is 21.6.